The monoisotopic (exact) mass is 592 g/mol. The van der Waals surface area contributed by atoms with E-state index >= 15 is 0 Å². The van der Waals surface area contributed by atoms with Crippen LogP contribution in [0.4, 0.5) is 0 Å². The van der Waals surface area contributed by atoms with Crippen molar-refractivity contribution in [1.82, 2.24) is 9.88 Å². The third kappa shape index (κ3) is 4.00. The van der Waals surface area contributed by atoms with Crippen LogP contribution in [0.2, 0.25) is 0 Å². The largest absolute Gasteiger partial charge is 0.344 e. The molecule has 4 heteroatoms. The molecular weight excluding hydrogens is 560 g/mol. The standard InChI is InChI=1S/C42H32N4/c1-42(2)34-22-12-9-19-29(34)32-25-33-30-20-10-13-23-36(30)46(38(33)26-35(32)42)37-24-14-11-21-31(37)41-44-39(27-15-5-3-6-16-27)43-40(45-41)28-17-7-4-8-18-28/h3-26,39H,1-2H3,(H,43,44,45). The van der Waals surface area contributed by atoms with Gasteiger partial charge in [0.05, 0.1) is 16.7 Å². The van der Waals surface area contributed by atoms with Crippen LogP contribution >= 0.6 is 0 Å². The Kier molecular flexibility index (Phi) is 5.88. The van der Waals surface area contributed by atoms with Crippen molar-refractivity contribution in [2.75, 3.05) is 0 Å². The summed E-state index contributed by atoms with van der Waals surface area (Å²) in [6, 6.07) is 51.7. The average Bonchev–Trinajstić information content (AvgIpc) is 3.56. The number of para-hydroxylation sites is 2. The zero-order chi connectivity index (χ0) is 30.8. The minimum atomic E-state index is -0.266. The summed E-state index contributed by atoms with van der Waals surface area (Å²) >= 11 is 0. The molecule has 7 aromatic rings. The number of aromatic nitrogens is 1. The first-order valence-corrected chi connectivity index (χ1v) is 15.9. The van der Waals surface area contributed by atoms with E-state index < -0.39 is 0 Å². The van der Waals surface area contributed by atoms with Gasteiger partial charge in [0.1, 0.15) is 12.0 Å². The Bertz CT molecular complexity index is 2360. The first kappa shape index (κ1) is 26.6. The van der Waals surface area contributed by atoms with Crippen LogP contribution in [-0.4, -0.2) is 16.2 Å². The van der Waals surface area contributed by atoms with E-state index in [-0.39, 0.29) is 11.6 Å². The third-order valence-electron chi connectivity index (χ3n) is 9.67. The molecule has 0 fully saturated rings. The molecule has 1 aliphatic carbocycles. The smallest absolute Gasteiger partial charge is 0.159 e. The number of benzene rings is 6. The topological polar surface area (TPSA) is 41.7 Å². The quantitative estimate of drug-likeness (QED) is 0.217. The average molecular weight is 593 g/mol. The van der Waals surface area contributed by atoms with Gasteiger partial charge in [-0.25, -0.2) is 9.98 Å². The van der Waals surface area contributed by atoms with Crippen molar-refractivity contribution in [3.63, 3.8) is 0 Å². The van der Waals surface area contributed by atoms with Crippen molar-refractivity contribution in [3.05, 3.63) is 173 Å². The Morgan fingerprint density at radius 2 is 1.26 bits per heavy atom. The zero-order valence-corrected chi connectivity index (χ0v) is 25.8. The van der Waals surface area contributed by atoms with Crippen molar-refractivity contribution in [1.29, 1.82) is 0 Å². The summed E-state index contributed by atoms with van der Waals surface area (Å²) < 4.78 is 2.43. The molecule has 4 nitrogen and oxygen atoms in total. The first-order chi connectivity index (χ1) is 22.6. The lowest BCUT2D eigenvalue weighted by molar-refractivity contribution is 0.661. The number of amidine groups is 2. The van der Waals surface area contributed by atoms with Crippen molar-refractivity contribution in [2.24, 2.45) is 9.98 Å². The molecule has 0 saturated carbocycles. The van der Waals surface area contributed by atoms with Gasteiger partial charge >= 0.3 is 0 Å². The molecular formula is C42H32N4. The van der Waals surface area contributed by atoms with E-state index in [1.54, 1.807) is 0 Å². The predicted octanol–water partition coefficient (Wildman–Crippen LogP) is 9.59. The fourth-order valence-electron chi connectivity index (χ4n) is 7.40. The van der Waals surface area contributed by atoms with E-state index in [2.05, 4.69) is 145 Å². The maximum Gasteiger partial charge on any atom is 0.159 e. The highest BCUT2D eigenvalue weighted by Crippen LogP contribution is 2.51. The van der Waals surface area contributed by atoms with Gasteiger partial charge in [-0.05, 0) is 58.1 Å². The van der Waals surface area contributed by atoms with Crippen LogP contribution in [0.25, 0.3) is 38.6 Å². The van der Waals surface area contributed by atoms with Gasteiger partial charge in [0.15, 0.2) is 5.84 Å². The molecule has 0 saturated heterocycles. The maximum absolute atomic E-state index is 5.18. The molecule has 9 rings (SSSR count). The van der Waals surface area contributed by atoms with Crippen LogP contribution in [0, 0.1) is 0 Å². The van der Waals surface area contributed by atoms with Gasteiger partial charge in [-0.15, -0.1) is 0 Å². The lowest BCUT2D eigenvalue weighted by Crippen LogP contribution is -2.34. The van der Waals surface area contributed by atoms with Gasteiger partial charge in [-0.1, -0.05) is 129 Å². The number of nitrogens with zero attached hydrogens (tertiary/aromatic N) is 3. The highest BCUT2D eigenvalue weighted by atomic mass is 15.2. The number of rotatable bonds is 4. The van der Waals surface area contributed by atoms with E-state index in [1.165, 1.54) is 44.1 Å². The highest BCUT2D eigenvalue weighted by Gasteiger charge is 2.36. The molecule has 1 atom stereocenters. The minimum absolute atomic E-state index is 0.0973. The minimum Gasteiger partial charge on any atom is -0.344 e. The van der Waals surface area contributed by atoms with Crippen LogP contribution in [0.1, 0.15) is 47.8 Å². The van der Waals surface area contributed by atoms with Gasteiger partial charge in [-0.2, -0.15) is 0 Å². The van der Waals surface area contributed by atoms with Crippen LogP contribution < -0.4 is 5.32 Å². The van der Waals surface area contributed by atoms with E-state index in [0.717, 1.165) is 34.0 Å². The van der Waals surface area contributed by atoms with Gasteiger partial charge in [0.2, 0.25) is 0 Å². The number of nitrogens with one attached hydrogen (secondary N) is 1. The Morgan fingerprint density at radius 1 is 0.587 bits per heavy atom. The maximum atomic E-state index is 5.18. The Labute approximate surface area is 268 Å². The van der Waals surface area contributed by atoms with E-state index in [0.29, 0.717) is 0 Å². The van der Waals surface area contributed by atoms with Crippen LogP contribution in [-0.2, 0) is 5.41 Å². The summed E-state index contributed by atoms with van der Waals surface area (Å²) in [6.45, 7) is 4.69. The fourth-order valence-corrected chi connectivity index (χ4v) is 7.40. The second kappa shape index (κ2) is 10.1. The molecule has 0 spiro atoms. The molecule has 6 aromatic carbocycles. The van der Waals surface area contributed by atoms with Crippen LogP contribution in [0.15, 0.2) is 156 Å². The number of fused-ring (bicyclic) bond motifs is 6. The van der Waals surface area contributed by atoms with E-state index in [1.807, 2.05) is 24.3 Å². The Balaban J connectivity index is 1.28. The second-order valence-electron chi connectivity index (χ2n) is 12.7. The molecule has 1 aromatic heterocycles. The van der Waals surface area contributed by atoms with Crippen LogP contribution in [0.3, 0.4) is 0 Å². The van der Waals surface area contributed by atoms with Gasteiger partial charge < -0.3 is 9.88 Å². The zero-order valence-electron chi connectivity index (χ0n) is 25.8. The van der Waals surface area contributed by atoms with Crippen molar-refractivity contribution < 1.29 is 0 Å². The summed E-state index contributed by atoms with van der Waals surface area (Å²) in [5, 5.41) is 6.19. The highest BCUT2D eigenvalue weighted by molar-refractivity contribution is 6.16. The lowest BCUT2D eigenvalue weighted by atomic mass is 9.82. The fraction of sp³-hybridized carbons (Fsp3) is 0.0952. The van der Waals surface area contributed by atoms with E-state index in [4.69, 9.17) is 9.98 Å². The Hall–Kier alpha value is -5.74. The molecule has 220 valence electrons. The number of aliphatic imine (C=N–C) groups is 2. The normalized spacial score (nSPS) is 16.4. The van der Waals surface area contributed by atoms with Crippen LogP contribution in [0.5, 0.6) is 0 Å². The number of hydrogen-bond acceptors (Lipinski definition) is 3. The second-order valence-corrected chi connectivity index (χ2v) is 12.7. The molecule has 1 N–H and O–H groups in total. The van der Waals surface area contributed by atoms with Crippen molar-refractivity contribution in [2.45, 2.75) is 25.4 Å². The third-order valence-corrected chi connectivity index (χ3v) is 9.67. The first-order valence-electron chi connectivity index (χ1n) is 15.9. The van der Waals surface area contributed by atoms with Crippen molar-refractivity contribution >= 4 is 33.5 Å². The van der Waals surface area contributed by atoms with Crippen molar-refractivity contribution in [3.8, 4) is 16.8 Å². The van der Waals surface area contributed by atoms with Gasteiger partial charge in [-0.3, -0.25) is 0 Å². The molecule has 0 bridgehead atoms. The predicted molar refractivity (Wildman–Crippen MR) is 190 cm³/mol. The molecule has 0 amide bonds. The van der Waals surface area contributed by atoms with E-state index in [9.17, 15) is 0 Å². The SMILES string of the molecule is CC1(C)c2ccccc2-c2cc3c4ccccc4n(-c4ccccc4C4=NC(c5ccccc5)=NC(c5ccccc5)N4)c3cc21. The molecule has 1 aliphatic heterocycles. The lowest BCUT2D eigenvalue weighted by Gasteiger charge is -2.25. The molecule has 46 heavy (non-hydrogen) atoms. The van der Waals surface area contributed by atoms with Gasteiger partial charge in [0.25, 0.3) is 0 Å². The summed E-state index contributed by atoms with van der Waals surface area (Å²) in [6.07, 6.45) is -0.266. The summed E-state index contributed by atoms with van der Waals surface area (Å²) in [5.74, 6) is 1.52. The molecule has 2 aliphatic rings. The molecule has 1 unspecified atom stereocenters. The summed E-state index contributed by atoms with van der Waals surface area (Å²) in [5.41, 5.74) is 11.9. The summed E-state index contributed by atoms with van der Waals surface area (Å²) in [4.78, 5) is 10.3. The Morgan fingerprint density at radius 3 is 2.09 bits per heavy atom. The van der Waals surface area contributed by atoms with Gasteiger partial charge in [0, 0.05) is 27.3 Å². The summed E-state index contributed by atoms with van der Waals surface area (Å²) in [7, 11) is 0. The number of hydrogen-bond donors (Lipinski definition) is 1. The molecule has 0 radical (unpaired) electrons. The molecule has 2 heterocycles.